The van der Waals surface area contributed by atoms with Crippen molar-refractivity contribution >= 4 is 45.0 Å². The molecular formula is C15H12BrCl2N5O2. The summed E-state index contributed by atoms with van der Waals surface area (Å²) in [5, 5.41) is 8.83. The molecule has 1 aromatic carbocycles. The van der Waals surface area contributed by atoms with Crippen molar-refractivity contribution in [2.24, 2.45) is 0 Å². The van der Waals surface area contributed by atoms with E-state index in [2.05, 4.69) is 37.1 Å². The summed E-state index contributed by atoms with van der Waals surface area (Å²) >= 11 is 15.8. The molecule has 7 nitrogen and oxygen atoms in total. The normalized spacial score (nSPS) is 10.8. The standard InChI is InChI=1S/C15H12BrCl2N5O2/c1-7-13(16)8(2)23(20-7)22-19-15(24)9-6-25-21-14(9)12-10(17)4-3-5-11(12)18/h3-6,22H,1-2H3,(H,19,24). The van der Waals surface area contributed by atoms with Crippen molar-refractivity contribution in [1.82, 2.24) is 20.5 Å². The first-order valence-electron chi connectivity index (χ1n) is 7.07. The van der Waals surface area contributed by atoms with Gasteiger partial charge >= 0.3 is 0 Å². The zero-order chi connectivity index (χ0) is 18.1. The van der Waals surface area contributed by atoms with Gasteiger partial charge in [-0.15, -0.1) is 0 Å². The van der Waals surface area contributed by atoms with Gasteiger partial charge in [0.25, 0.3) is 5.91 Å². The molecule has 3 rings (SSSR count). The Hall–Kier alpha value is -2.03. The average molecular weight is 445 g/mol. The molecule has 1 amide bonds. The van der Waals surface area contributed by atoms with Crippen LogP contribution in [0.5, 0.6) is 0 Å². The average Bonchev–Trinajstić information content (AvgIpc) is 3.14. The number of hydrogen-bond donors (Lipinski definition) is 2. The van der Waals surface area contributed by atoms with Crippen molar-refractivity contribution in [2.45, 2.75) is 13.8 Å². The van der Waals surface area contributed by atoms with Crippen LogP contribution in [0.25, 0.3) is 11.3 Å². The maximum atomic E-state index is 12.5. The van der Waals surface area contributed by atoms with Gasteiger partial charge in [0, 0.05) is 5.56 Å². The molecule has 0 fully saturated rings. The van der Waals surface area contributed by atoms with Crippen molar-refractivity contribution in [3.05, 3.63) is 55.9 Å². The molecule has 0 aliphatic rings. The Balaban J connectivity index is 1.85. The monoisotopic (exact) mass is 443 g/mol. The van der Waals surface area contributed by atoms with Gasteiger partial charge in [-0.1, -0.05) is 34.4 Å². The van der Waals surface area contributed by atoms with Crippen LogP contribution in [0, 0.1) is 13.8 Å². The highest BCUT2D eigenvalue weighted by molar-refractivity contribution is 9.10. The number of benzene rings is 1. The van der Waals surface area contributed by atoms with E-state index in [0.29, 0.717) is 15.6 Å². The molecule has 3 aromatic rings. The summed E-state index contributed by atoms with van der Waals surface area (Å²) in [6.07, 6.45) is 1.23. The second-order valence-electron chi connectivity index (χ2n) is 5.14. The number of nitrogens with one attached hydrogen (secondary N) is 2. The third-order valence-corrected chi connectivity index (χ3v) is 5.27. The molecule has 0 saturated heterocycles. The number of hydrogen-bond acceptors (Lipinski definition) is 5. The van der Waals surface area contributed by atoms with Gasteiger partial charge in [0.15, 0.2) is 0 Å². The molecule has 0 spiro atoms. The van der Waals surface area contributed by atoms with Gasteiger partial charge in [0.05, 0.1) is 25.9 Å². The van der Waals surface area contributed by atoms with Crippen LogP contribution >= 0.6 is 39.1 Å². The van der Waals surface area contributed by atoms with Crippen LogP contribution < -0.4 is 11.0 Å². The van der Waals surface area contributed by atoms with E-state index in [1.807, 2.05) is 13.8 Å². The smallest absolute Gasteiger partial charge is 0.276 e. The molecule has 0 saturated carbocycles. The topological polar surface area (TPSA) is 85.0 Å². The highest BCUT2D eigenvalue weighted by Gasteiger charge is 2.22. The zero-order valence-corrected chi connectivity index (χ0v) is 16.2. The van der Waals surface area contributed by atoms with Crippen molar-refractivity contribution in [3.63, 3.8) is 0 Å². The van der Waals surface area contributed by atoms with Crippen LogP contribution in [-0.2, 0) is 0 Å². The minimum atomic E-state index is -0.476. The third-order valence-electron chi connectivity index (χ3n) is 3.49. The van der Waals surface area contributed by atoms with Gasteiger partial charge in [-0.3, -0.25) is 4.79 Å². The minimum absolute atomic E-state index is 0.183. The Morgan fingerprint density at radius 3 is 2.56 bits per heavy atom. The number of rotatable bonds is 4. The summed E-state index contributed by atoms with van der Waals surface area (Å²) in [5.41, 5.74) is 7.70. The minimum Gasteiger partial charge on any atom is -0.363 e. The van der Waals surface area contributed by atoms with E-state index in [4.69, 9.17) is 27.7 Å². The molecule has 10 heteroatoms. The number of nitrogens with zero attached hydrogens (tertiary/aromatic N) is 3. The van der Waals surface area contributed by atoms with E-state index in [9.17, 15) is 4.79 Å². The van der Waals surface area contributed by atoms with Crippen LogP contribution in [0.2, 0.25) is 10.0 Å². The van der Waals surface area contributed by atoms with Gasteiger partial charge < -0.3 is 4.52 Å². The zero-order valence-electron chi connectivity index (χ0n) is 13.1. The number of aromatic nitrogens is 3. The van der Waals surface area contributed by atoms with Crippen LogP contribution in [0.15, 0.2) is 33.5 Å². The predicted octanol–water partition coefficient (Wildman–Crippen LogP) is 4.11. The Labute approximate surface area is 161 Å². The lowest BCUT2D eigenvalue weighted by Crippen LogP contribution is -2.37. The molecule has 2 N–H and O–H groups in total. The fraction of sp³-hybridized carbons (Fsp3) is 0.133. The molecule has 0 unspecified atom stereocenters. The van der Waals surface area contributed by atoms with Crippen molar-refractivity contribution in [1.29, 1.82) is 0 Å². The summed E-state index contributed by atoms with van der Waals surface area (Å²) in [6.45, 7) is 3.69. The molecular weight excluding hydrogens is 433 g/mol. The molecule has 2 heterocycles. The van der Waals surface area contributed by atoms with Crippen LogP contribution in [0.3, 0.4) is 0 Å². The molecule has 0 atom stereocenters. The van der Waals surface area contributed by atoms with E-state index in [1.54, 1.807) is 18.2 Å². The van der Waals surface area contributed by atoms with E-state index < -0.39 is 5.91 Å². The van der Waals surface area contributed by atoms with Crippen molar-refractivity contribution in [3.8, 4) is 11.3 Å². The first-order chi connectivity index (χ1) is 11.9. The number of amides is 1. The quantitative estimate of drug-likeness (QED) is 0.591. The van der Waals surface area contributed by atoms with Gasteiger partial charge in [-0.2, -0.15) is 9.89 Å². The molecule has 2 aromatic heterocycles. The Bertz CT molecular complexity index is 933. The first kappa shape index (κ1) is 17.8. The number of aryl methyl sites for hydroxylation is 1. The van der Waals surface area contributed by atoms with E-state index in [-0.39, 0.29) is 11.3 Å². The number of halogens is 3. The fourth-order valence-electron chi connectivity index (χ4n) is 2.21. The second kappa shape index (κ2) is 7.07. The summed E-state index contributed by atoms with van der Waals surface area (Å²) in [6, 6.07) is 5.02. The third kappa shape index (κ3) is 3.37. The lowest BCUT2D eigenvalue weighted by atomic mass is 10.1. The summed E-state index contributed by atoms with van der Waals surface area (Å²) in [4.78, 5) is 13.9. The second-order valence-corrected chi connectivity index (χ2v) is 6.74. The fourth-order valence-corrected chi connectivity index (χ4v) is 3.03. The molecule has 130 valence electrons. The first-order valence-corrected chi connectivity index (χ1v) is 8.62. The molecule has 0 aliphatic heterocycles. The maximum absolute atomic E-state index is 12.5. The Morgan fingerprint density at radius 2 is 1.96 bits per heavy atom. The molecule has 25 heavy (non-hydrogen) atoms. The summed E-state index contributed by atoms with van der Waals surface area (Å²) < 4.78 is 5.79. The summed E-state index contributed by atoms with van der Waals surface area (Å²) in [5.74, 6) is -0.476. The largest absolute Gasteiger partial charge is 0.363 e. The van der Waals surface area contributed by atoms with Gasteiger partial charge in [-0.25, -0.2) is 11.0 Å². The molecule has 0 aliphatic carbocycles. The van der Waals surface area contributed by atoms with Gasteiger partial charge in [0.2, 0.25) is 0 Å². The van der Waals surface area contributed by atoms with Crippen molar-refractivity contribution < 1.29 is 9.32 Å². The number of carbonyl (C=O) groups excluding carboxylic acids is 1. The van der Waals surface area contributed by atoms with E-state index in [1.165, 1.54) is 11.1 Å². The maximum Gasteiger partial charge on any atom is 0.276 e. The Kier molecular flexibility index (Phi) is 5.03. The lowest BCUT2D eigenvalue weighted by Gasteiger charge is -2.10. The molecule has 0 bridgehead atoms. The predicted molar refractivity (Wildman–Crippen MR) is 98.2 cm³/mol. The Morgan fingerprint density at radius 1 is 1.28 bits per heavy atom. The van der Waals surface area contributed by atoms with E-state index >= 15 is 0 Å². The van der Waals surface area contributed by atoms with Crippen LogP contribution in [-0.4, -0.2) is 21.0 Å². The lowest BCUT2D eigenvalue weighted by molar-refractivity contribution is 0.0956. The van der Waals surface area contributed by atoms with Gasteiger partial charge in [0.1, 0.15) is 17.5 Å². The van der Waals surface area contributed by atoms with Crippen LogP contribution in [0.1, 0.15) is 21.7 Å². The highest BCUT2D eigenvalue weighted by atomic mass is 79.9. The highest BCUT2D eigenvalue weighted by Crippen LogP contribution is 2.35. The SMILES string of the molecule is Cc1nn(NNC(=O)c2conc2-c2c(Cl)cccc2Cl)c(C)c1Br. The van der Waals surface area contributed by atoms with Gasteiger partial charge in [-0.05, 0) is 41.9 Å². The van der Waals surface area contributed by atoms with E-state index in [0.717, 1.165) is 15.9 Å². The summed E-state index contributed by atoms with van der Waals surface area (Å²) in [7, 11) is 0. The number of carbonyl (C=O) groups is 1. The van der Waals surface area contributed by atoms with Crippen LogP contribution in [0.4, 0.5) is 0 Å². The molecule has 0 radical (unpaired) electrons. The van der Waals surface area contributed by atoms with Crippen molar-refractivity contribution in [2.75, 3.05) is 5.53 Å². The number of hydrazine groups is 1.